The molecule has 0 aliphatic heterocycles. The van der Waals surface area contributed by atoms with Crippen LogP contribution >= 0.6 is 0 Å². The Labute approximate surface area is 107 Å². The maximum Gasteiger partial charge on any atom is 0.229 e. The number of hydrogen-bond acceptors (Lipinski definition) is 6. The van der Waals surface area contributed by atoms with Crippen LogP contribution in [0.5, 0.6) is 0 Å². The lowest BCUT2D eigenvalue weighted by atomic mass is 9.96. The number of aromatic nitrogens is 2. The van der Waals surface area contributed by atoms with Gasteiger partial charge in [0.25, 0.3) is 0 Å². The van der Waals surface area contributed by atoms with E-state index in [1.807, 2.05) is 6.92 Å². The molecule has 1 fully saturated rings. The molecule has 1 heterocycles. The van der Waals surface area contributed by atoms with Crippen LogP contribution < -0.4 is 5.73 Å². The quantitative estimate of drug-likeness (QED) is 0.703. The Kier molecular flexibility index (Phi) is 5.10. The van der Waals surface area contributed by atoms with Crippen molar-refractivity contribution >= 4 is 0 Å². The Balaban J connectivity index is 1.73. The van der Waals surface area contributed by atoms with Crippen molar-refractivity contribution in [1.82, 2.24) is 10.1 Å². The highest BCUT2D eigenvalue weighted by molar-refractivity contribution is 4.93. The summed E-state index contributed by atoms with van der Waals surface area (Å²) < 4.78 is 16.0. The molecule has 0 radical (unpaired) electrons. The van der Waals surface area contributed by atoms with Gasteiger partial charge in [-0.25, -0.2) is 0 Å². The van der Waals surface area contributed by atoms with Gasteiger partial charge in [0, 0.05) is 6.61 Å². The van der Waals surface area contributed by atoms with E-state index in [1.165, 1.54) is 6.42 Å². The molecule has 1 aromatic heterocycles. The fourth-order valence-corrected chi connectivity index (χ4v) is 1.68. The van der Waals surface area contributed by atoms with Crippen molar-refractivity contribution in [3.63, 3.8) is 0 Å². The molecule has 6 nitrogen and oxygen atoms in total. The number of hydrogen-bond donors (Lipinski definition) is 1. The van der Waals surface area contributed by atoms with E-state index in [-0.39, 0.29) is 6.04 Å². The topological polar surface area (TPSA) is 83.4 Å². The molecule has 0 bridgehead atoms. The smallest absolute Gasteiger partial charge is 0.229 e. The minimum atomic E-state index is -0.310. The Morgan fingerprint density at radius 2 is 2.33 bits per heavy atom. The second-order valence-electron chi connectivity index (χ2n) is 4.49. The summed E-state index contributed by atoms with van der Waals surface area (Å²) in [5.74, 6) is 1.08. The van der Waals surface area contributed by atoms with Crippen LogP contribution in [-0.4, -0.2) is 36.1 Å². The molecule has 1 aliphatic carbocycles. The van der Waals surface area contributed by atoms with Crippen molar-refractivity contribution in [2.45, 2.75) is 44.8 Å². The average molecular weight is 255 g/mol. The highest BCUT2D eigenvalue weighted by Crippen LogP contribution is 2.22. The standard InChI is InChI=1S/C12H21N3O3/c1-2-16-7-6-11-14-12(15-18-11)10(13)8-17-9-4-3-5-9/h9-10H,2-8,13H2,1H3. The van der Waals surface area contributed by atoms with Crippen molar-refractivity contribution < 1.29 is 14.0 Å². The molecule has 1 aliphatic rings. The van der Waals surface area contributed by atoms with Gasteiger partial charge in [0.05, 0.1) is 31.8 Å². The Hall–Kier alpha value is -0.980. The molecular weight excluding hydrogens is 234 g/mol. The molecule has 0 aromatic carbocycles. The van der Waals surface area contributed by atoms with E-state index in [9.17, 15) is 0 Å². The maximum absolute atomic E-state index is 5.95. The van der Waals surface area contributed by atoms with Crippen LogP contribution in [0.15, 0.2) is 4.52 Å². The molecule has 1 aromatic rings. The van der Waals surface area contributed by atoms with Crippen molar-refractivity contribution in [3.8, 4) is 0 Å². The van der Waals surface area contributed by atoms with E-state index in [0.29, 0.717) is 44.1 Å². The van der Waals surface area contributed by atoms with Gasteiger partial charge in [-0.15, -0.1) is 0 Å². The molecule has 0 saturated heterocycles. The molecule has 18 heavy (non-hydrogen) atoms. The zero-order valence-electron chi connectivity index (χ0n) is 10.8. The maximum atomic E-state index is 5.95. The van der Waals surface area contributed by atoms with E-state index in [0.717, 1.165) is 12.8 Å². The van der Waals surface area contributed by atoms with Crippen LogP contribution in [0.2, 0.25) is 0 Å². The lowest BCUT2D eigenvalue weighted by molar-refractivity contribution is -0.00549. The summed E-state index contributed by atoms with van der Waals surface area (Å²) in [6.45, 7) is 3.68. The molecule has 2 rings (SSSR count). The summed E-state index contributed by atoms with van der Waals surface area (Å²) in [7, 11) is 0. The second kappa shape index (κ2) is 6.82. The van der Waals surface area contributed by atoms with E-state index in [1.54, 1.807) is 0 Å². The molecule has 0 amide bonds. The summed E-state index contributed by atoms with van der Waals surface area (Å²) >= 11 is 0. The third kappa shape index (κ3) is 3.76. The Bertz CT molecular complexity index is 352. The zero-order valence-corrected chi connectivity index (χ0v) is 10.8. The summed E-state index contributed by atoms with van der Waals surface area (Å²) in [6.07, 6.45) is 4.53. The van der Waals surface area contributed by atoms with Crippen molar-refractivity contribution in [1.29, 1.82) is 0 Å². The van der Waals surface area contributed by atoms with Crippen LogP contribution in [0.25, 0.3) is 0 Å². The van der Waals surface area contributed by atoms with Crippen LogP contribution in [-0.2, 0) is 15.9 Å². The molecule has 1 unspecified atom stereocenters. The minimum Gasteiger partial charge on any atom is -0.381 e. The highest BCUT2D eigenvalue weighted by atomic mass is 16.5. The van der Waals surface area contributed by atoms with Gasteiger partial charge in [0.15, 0.2) is 5.82 Å². The molecule has 0 spiro atoms. The lowest BCUT2D eigenvalue weighted by Gasteiger charge is -2.26. The van der Waals surface area contributed by atoms with Crippen LogP contribution in [0.3, 0.4) is 0 Å². The van der Waals surface area contributed by atoms with Gasteiger partial charge in [0.2, 0.25) is 5.89 Å². The van der Waals surface area contributed by atoms with Gasteiger partial charge in [-0.3, -0.25) is 0 Å². The van der Waals surface area contributed by atoms with E-state index < -0.39 is 0 Å². The first-order valence-electron chi connectivity index (χ1n) is 6.57. The van der Waals surface area contributed by atoms with Gasteiger partial charge in [-0.05, 0) is 26.2 Å². The molecule has 102 valence electrons. The highest BCUT2D eigenvalue weighted by Gasteiger charge is 2.21. The first-order chi connectivity index (χ1) is 8.79. The van der Waals surface area contributed by atoms with Gasteiger partial charge in [-0.1, -0.05) is 5.16 Å². The van der Waals surface area contributed by atoms with Crippen LogP contribution in [0.4, 0.5) is 0 Å². The largest absolute Gasteiger partial charge is 0.381 e. The van der Waals surface area contributed by atoms with Crippen LogP contribution in [0, 0.1) is 0 Å². The van der Waals surface area contributed by atoms with Crippen molar-refractivity contribution in [2.24, 2.45) is 5.73 Å². The number of rotatable bonds is 8. The summed E-state index contributed by atoms with van der Waals surface area (Å²) in [5, 5.41) is 3.87. The van der Waals surface area contributed by atoms with Gasteiger partial charge >= 0.3 is 0 Å². The van der Waals surface area contributed by atoms with Crippen LogP contribution in [0.1, 0.15) is 43.9 Å². The summed E-state index contributed by atoms with van der Waals surface area (Å²) in [5.41, 5.74) is 5.95. The third-order valence-electron chi connectivity index (χ3n) is 3.04. The Morgan fingerprint density at radius 1 is 1.50 bits per heavy atom. The predicted molar refractivity (Wildman–Crippen MR) is 65.0 cm³/mol. The predicted octanol–water partition coefficient (Wildman–Crippen LogP) is 1.22. The molecule has 1 saturated carbocycles. The first-order valence-corrected chi connectivity index (χ1v) is 6.57. The molecule has 1 atom stereocenters. The second-order valence-corrected chi connectivity index (χ2v) is 4.49. The molecular formula is C12H21N3O3. The summed E-state index contributed by atoms with van der Waals surface area (Å²) in [4.78, 5) is 4.24. The number of nitrogens with zero attached hydrogens (tertiary/aromatic N) is 2. The normalized spacial score (nSPS) is 17.7. The van der Waals surface area contributed by atoms with E-state index in [4.69, 9.17) is 19.7 Å². The van der Waals surface area contributed by atoms with E-state index in [2.05, 4.69) is 10.1 Å². The fraction of sp³-hybridized carbons (Fsp3) is 0.833. The van der Waals surface area contributed by atoms with Crippen molar-refractivity contribution in [3.05, 3.63) is 11.7 Å². The minimum absolute atomic E-state index is 0.310. The molecule has 6 heteroatoms. The first kappa shape index (κ1) is 13.5. The van der Waals surface area contributed by atoms with Crippen molar-refractivity contribution in [2.75, 3.05) is 19.8 Å². The SMILES string of the molecule is CCOCCc1nc(C(N)COC2CCC2)no1. The summed E-state index contributed by atoms with van der Waals surface area (Å²) in [6, 6.07) is -0.310. The zero-order chi connectivity index (χ0) is 12.8. The fourth-order valence-electron chi connectivity index (χ4n) is 1.68. The number of ether oxygens (including phenoxy) is 2. The van der Waals surface area contributed by atoms with Gasteiger partial charge in [-0.2, -0.15) is 4.98 Å². The monoisotopic (exact) mass is 255 g/mol. The Morgan fingerprint density at radius 3 is 3.00 bits per heavy atom. The lowest BCUT2D eigenvalue weighted by Crippen LogP contribution is -2.27. The number of nitrogens with two attached hydrogens (primary N) is 1. The van der Waals surface area contributed by atoms with Gasteiger partial charge < -0.3 is 19.7 Å². The van der Waals surface area contributed by atoms with E-state index >= 15 is 0 Å². The average Bonchev–Trinajstić information content (AvgIpc) is 2.76. The van der Waals surface area contributed by atoms with Gasteiger partial charge in [0.1, 0.15) is 0 Å². The molecule has 2 N–H and O–H groups in total. The third-order valence-corrected chi connectivity index (χ3v) is 3.04.